The second-order valence-electron chi connectivity index (χ2n) is 5.16. The van der Waals surface area contributed by atoms with Crippen LogP contribution in [0.2, 0.25) is 0 Å². The van der Waals surface area contributed by atoms with Gasteiger partial charge in [-0.3, -0.25) is 0 Å². The third kappa shape index (κ3) is 2.55. The van der Waals surface area contributed by atoms with Crippen LogP contribution in [0.4, 0.5) is 0 Å². The highest BCUT2D eigenvalue weighted by Gasteiger charge is 2.11. The third-order valence-electron chi connectivity index (χ3n) is 3.79. The molecule has 3 nitrogen and oxygen atoms in total. The van der Waals surface area contributed by atoms with Gasteiger partial charge in [-0.15, -0.1) is 0 Å². The van der Waals surface area contributed by atoms with Crippen molar-refractivity contribution in [2.24, 2.45) is 0 Å². The van der Waals surface area contributed by atoms with Crippen molar-refractivity contribution in [1.29, 1.82) is 0 Å². The van der Waals surface area contributed by atoms with Crippen LogP contribution < -0.4 is 0 Å². The lowest BCUT2D eigenvalue weighted by molar-refractivity contribution is 0.0697. The van der Waals surface area contributed by atoms with Crippen LogP contribution in [0.1, 0.15) is 28.4 Å². The molecular weight excluding hydrogens is 262 g/mol. The van der Waals surface area contributed by atoms with E-state index in [4.69, 9.17) is 5.11 Å². The Bertz CT molecular complexity index is 788. The molecule has 3 rings (SSSR count). The maximum atomic E-state index is 11.1. The van der Waals surface area contributed by atoms with Gasteiger partial charge in [-0.2, -0.15) is 0 Å². The predicted octanol–water partition coefficient (Wildman–Crippen LogP) is 3.95. The smallest absolute Gasteiger partial charge is 0.335 e. The van der Waals surface area contributed by atoms with Gasteiger partial charge in [-0.1, -0.05) is 37.3 Å². The van der Waals surface area contributed by atoms with E-state index in [9.17, 15) is 4.79 Å². The topological polar surface area (TPSA) is 42.2 Å². The molecule has 3 aromatic rings. The number of hydrogen-bond acceptors (Lipinski definition) is 1. The van der Waals surface area contributed by atoms with Crippen molar-refractivity contribution in [1.82, 2.24) is 4.57 Å². The van der Waals surface area contributed by atoms with Gasteiger partial charge in [0.05, 0.1) is 5.56 Å². The van der Waals surface area contributed by atoms with Gasteiger partial charge < -0.3 is 9.67 Å². The number of aromatic nitrogens is 1. The molecular formula is C18H17NO2. The van der Waals surface area contributed by atoms with Crippen molar-refractivity contribution in [2.75, 3.05) is 0 Å². The van der Waals surface area contributed by atoms with E-state index in [1.165, 1.54) is 11.1 Å². The van der Waals surface area contributed by atoms with Crippen LogP contribution in [0.25, 0.3) is 10.9 Å². The zero-order valence-electron chi connectivity index (χ0n) is 11.9. The summed E-state index contributed by atoms with van der Waals surface area (Å²) in [7, 11) is 0. The summed E-state index contributed by atoms with van der Waals surface area (Å²) < 4.78 is 2.19. The summed E-state index contributed by atoms with van der Waals surface area (Å²) in [5.41, 5.74) is 3.85. The summed E-state index contributed by atoms with van der Waals surface area (Å²) in [6, 6.07) is 15.6. The summed E-state index contributed by atoms with van der Waals surface area (Å²) >= 11 is 0. The molecule has 0 saturated carbocycles. The highest BCUT2D eigenvalue weighted by molar-refractivity contribution is 5.95. The van der Waals surface area contributed by atoms with E-state index in [0.717, 1.165) is 23.9 Å². The molecule has 0 aliphatic carbocycles. The molecule has 0 bridgehead atoms. The summed E-state index contributed by atoms with van der Waals surface area (Å²) in [5.74, 6) is -0.880. The Hall–Kier alpha value is -2.55. The van der Waals surface area contributed by atoms with Gasteiger partial charge in [0.1, 0.15) is 0 Å². The van der Waals surface area contributed by atoms with Gasteiger partial charge in [0.2, 0.25) is 0 Å². The molecule has 2 aromatic carbocycles. The number of hydrogen-bond donors (Lipinski definition) is 1. The minimum Gasteiger partial charge on any atom is -0.478 e. The first-order valence-electron chi connectivity index (χ1n) is 7.08. The van der Waals surface area contributed by atoms with Crippen LogP contribution in [-0.4, -0.2) is 15.6 Å². The fraction of sp³-hybridized carbons (Fsp3) is 0.167. The monoisotopic (exact) mass is 279 g/mol. The quantitative estimate of drug-likeness (QED) is 0.785. The van der Waals surface area contributed by atoms with E-state index in [1.807, 2.05) is 24.3 Å². The number of benzene rings is 2. The average Bonchev–Trinajstić information content (AvgIpc) is 2.85. The van der Waals surface area contributed by atoms with Crippen molar-refractivity contribution in [3.63, 3.8) is 0 Å². The molecule has 0 atom stereocenters. The molecule has 1 N–H and O–H groups in total. The van der Waals surface area contributed by atoms with Crippen molar-refractivity contribution < 1.29 is 9.90 Å². The Morgan fingerprint density at radius 3 is 2.57 bits per heavy atom. The molecule has 0 radical (unpaired) electrons. The van der Waals surface area contributed by atoms with E-state index in [0.29, 0.717) is 5.56 Å². The van der Waals surface area contributed by atoms with E-state index in [2.05, 4.69) is 29.8 Å². The van der Waals surface area contributed by atoms with Crippen LogP contribution in [0.15, 0.2) is 54.7 Å². The number of rotatable bonds is 4. The van der Waals surface area contributed by atoms with Crippen LogP contribution in [0.3, 0.4) is 0 Å². The highest BCUT2D eigenvalue weighted by atomic mass is 16.4. The van der Waals surface area contributed by atoms with Gasteiger partial charge in [0.25, 0.3) is 0 Å². The van der Waals surface area contributed by atoms with Gasteiger partial charge >= 0.3 is 5.97 Å². The van der Waals surface area contributed by atoms with Crippen LogP contribution in [0.5, 0.6) is 0 Å². The highest BCUT2D eigenvalue weighted by Crippen LogP contribution is 2.24. The Labute approximate surface area is 123 Å². The van der Waals surface area contributed by atoms with Crippen molar-refractivity contribution in [3.05, 3.63) is 71.4 Å². The van der Waals surface area contributed by atoms with Crippen molar-refractivity contribution >= 4 is 16.9 Å². The van der Waals surface area contributed by atoms with Gasteiger partial charge in [0.15, 0.2) is 0 Å². The zero-order valence-corrected chi connectivity index (χ0v) is 11.9. The molecule has 1 aromatic heterocycles. The zero-order chi connectivity index (χ0) is 14.8. The predicted molar refractivity (Wildman–Crippen MR) is 83.8 cm³/mol. The number of carboxylic acid groups (broad SMARTS) is 1. The second-order valence-corrected chi connectivity index (χ2v) is 5.16. The standard InChI is InChI=1S/C18H17NO2/c1-2-14-12-19(11-13-6-4-3-5-7-13)17-9-8-15(18(20)21)10-16(14)17/h3-10,12H,2,11H2,1H3,(H,20,21). The molecule has 0 saturated heterocycles. The summed E-state index contributed by atoms with van der Waals surface area (Å²) in [4.78, 5) is 11.1. The average molecular weight is 279 g/mol. The van der Waals surface area contributed by atoms with E-state index < -0.39 is 5.97 Å². The summed E-state index contributed by atoms with van der Waals surface area (Å²) in [5, 5.41) is 10.2. The summed E-state index contributed by atoms with van der Waals surface area (Å²) in [6.45, 7) is 2.89. The minimum absolute atomic E-state index is 0.342. The first kappa shape index (κ1) is 13.4. The van der Waals surface area contributed by atoms with Crippen molar-refractivity contribution in [2.45, 2.75) is 19.9 Å². The van der Waals surface area contributed by atoms with Gasteiger partial charge in [-0.25, -0.2) is 4.79 Å². The number of fused-ring (bicyclic) bond motifs is 1. The lowest BCUT2D eigenvalue weighted by Gasteiger charge is -2.05. The maximum Gasteiger partial charge on any atom is 0.335 e. The van der Waals surface area contributed by atoms with E-state index in [1.54, 1.807) is 12.1 Å². The lowest BCUT2D eigenvalue weighted by atomic mass is 10.1. The molecule has 21 heavy (non-hydrogen) atoms. The maximum absolute atomic E-state index is 11.1. The molecule has 0 aliphatic rings. The number of carboxylic acids is 1. The Kier molecular flexibility index (Phi) is 3.48. The molecule has 0 fully saturated rings. The summed E-state index contributed by atoms with van der Waals surface area (Å²) in [6.07, 6.45) is 3.02. The van der Waals surface area contributed by atoms with E-state index >= 15 is 0 Å². The third-order valence-corrected chi connectivity index (χ3v) is 3.79. The minimum atomic E-state index is -0.880. The Morgan fingerprint density at radius 2 is 1.90 bits per heavy atom. The normalized spacial score (nSPS) is 10.9. The van der Waals surface area contributed by atoms with Crippen LogP contribution >= 0.6 is 0 Å². The largest absolute Gasteiger partial charge is 0.478 e. The lowest BCUT2D eigenvalue weighted by Crippen LogP contribution is -1.99. The molecule has 0 amide bonds. The molecule has 106 valence electrons. The van der Waals surface area contributed by atoms with E-state index in [-0.39, 0.29) is 0 Å². The molecule has 1 heterocycles. The van der Waals surface area contributed by atoms with Gasteiger partial charge in [0, 0.05) is 23.6 Å². The fourth-order valence-electron chi connectivity index (χ4n) is 2.70. The number of aromatic carboxylic acids is 1. The first-order chi connectivity index (χ1) is 10.2. The first-order valence-corrected chi connectivity index (χ1v) is 7.08. The fourth-order valence-corrected chi connectivity index (χ4v) is 2.70. The molecule has 3 heteroatoms. The Morgan fingerprint density at radius 1 is 1.14 bits per heavy atom. The van der Waals surface area contributed by atoms with Gasteiger partial charge in [-0.05, 0) is 35.7 Å². The SMILES string of the molecule is CCc1cn(Cc2ccccc2)c2ccc(C(=O)O)cc12. The Balaban J connectivity index is 2.09. The number of nitrogens with zero attached hydrogens (tertiary/aromatic N) is 1. The second kappa shape index (κ2) is 5.44. The van der Waals surface area contributed by atoms with Crippen LogP contribution in [-0.2, 0) is 13.0 Å². The number of aryl methyl sites for hydroxylation is 1. The molecule has 0 aliphatic heterocycles. The molecule has 0 unspecified atom stereocenters. The van der Waals surface area contributed by atoms with Crippen molar-refractivity contribution in [3.8, 4) is 0 Å². The number of carbonyl (C=O) groups is 1. The molecule has 0 spiro atoms. The van der Waals surface area contributed by atoms with Crippen LogP contribution in [0, 0.1) is 0 Å².